The van der Waals surface area contributed by atoms with Crippen molar-refractivity contribution >= 4 is 6.01 Å². The van der Waals surface area contributed by atoms with Crippen molar-refractivity contribution in [1.29, 1.82) is 0 Å². The third kappa shape index (κ3) is 2.68. The van der Waals surface area contributed by atoms with Crippen molar-refractivity contribution in [3.63, 3.8) is 0 Å². The zero-order valence-electron chi connectivity index (χ0n) is 7.98. The average molecular weight is 198 g/mol. The van der Waals surface area contributed by atoms with Crippen molar-refractivity contribution in [2.45, 2.75) is 0 Å². The maximum Gasteiger partial charge on any atom is 0.315 e. The molecule has 6 heteroatoms. The lowest BCUT2D eigenvalue weighted by Gasteiger charge is -2.26. The molecule has 2 heterocycles. The van der Waals surface area contributed by atoms with Gasteiger partial charge in [0, 0.05) is 26.2 Å². The fourth-order valence-corrected chi connectivity index (χ4v) is 1.40. The number of hydrogen-bond acceptors (Lipinski definition) is 6. The van der Waals surface area contributed by atoms with Crippen LogP contribution in [-0.4, -0.2) is 54.5 Å². The van der Waals surface area contributed by atoms with Gasteiger partial charge in [0.15, 0.2) is 0 Å². The topological polar surface area (TPSA) is 63.4 Å². The summed E-state index contributed by atoms with van der Waals surface area (Å²) in [5, 5.41) is 10.4. The number of hydrogen-bond donors (Lipinski definition) is 1. The molecule has 1 N–H and O–H groups in total. The van der Waals surface area contributed by atoms with Crippen molar-refractivity contribution in [2.75, 3.05) is 44.7 Å². The lowest BCUT2D eigenvalue weighted by Crippen LogP contribution is -2.39. The van der Waals surface area contributed by atoms with Crippen LogP contribution in [0.5, 0.6) is 0 Å². The molecule has 0 amide bonds. The van der Waals surface area contributed by atoms with E-state index in [0.717, 1.165) is 39.4 Å². The molecule has 0 bridgehead atoms. The van der Waals surface area contributed by atoms with Gasteiger partial charge in [0.05, 0.1) is 13.2 Å². The average Bonchev–Trinajstić information content (AvgIpc) is 2.72. The molecule has 0 unspecified atom stereocenters. The number of rotatable bonds is 4. The predicted molar refractivity (Wildman–Crippen MR) is 50.0 cm³/mol. The van der Waals surface area contributed by atoms with E-state index in [1.54, 1.807) is 0 Å². The molecule has 0 radical (unpaired) electrons. The normalized spacial score (nSPS) is 18.3. The van der Waals surface area contributed by atoms with Gasteiger partial charge in [0.25, 0.3) is 0 Å². The molecule has 1 saturated heterocycles. The Morgan fingerprint density at radius 1 is 1.43 bits per heavy atom. The number of nitrogens with one attached hydrogen (secondary N) is 1. The van der Waals surface area contributed by atoms with Crippen molar-refractivity contribution in [2.24, 2.45) is 0 Å². The first-order valence-electron chi connectivity index (χ1n) is 4.75. The van der Waals surface area contributed by atoms with E-state index in [4.69, 9.17) is 9.15 Å². The molecule has 1 aliphatic heterocycles. The van der Waals surface area contributed by atoms with E-state index in [1.165, 1.54) is 6.39 Å². The number of anilines is 1. The molecule has 78 valence electrons. The Balaban J connectivity index is 1.62. The van der Waals surface area contributed by atoms with Crippen LogP contribution in [-0.2, 0) is 4.74 Å². The molecule has 0 saturated carbocycles. The van der Waals surface area contributed by atoms with Gasteiger partial charge in [-0.3, -0.25) is 4.90 Å². The summed E-state index contributed by atoms with van der Waals surface area (Å²) in [6.45, 7) is 5.48. The van der Waals surface area contributed by atoms with E-state index in [1.807, 2.05) is 0 Å². The number of aromatic nitrogens is 2. The summed E-state index contributed by atoms with van der Waals surface area (Å²) in [5.41, 5.74) is 0. The monoisotopic (exact) mass is 198 g/mol. The minimum absolute atomic E-state index is 0.484. The van der Waals surface area contributed by atoms with Gasteiger partial charge in [-0.25, -0.2) is 0 Å². The second kappa shape index (κ2) is 4.92. The molecule has 6 nitrogen and oxygen atoms in total. The van der Waals surface area contributed by atoms with E-state index >= 15 is 0 Å². The Morgan fingerprint density at radius 2 is 2.29 bits per heavy atom. The molecule has 0 spiro atoms. The van der Waals surface area contributed by atoms with E-state index in [0.29, 0.717) is 6.01 Å². The van der Waals surface area contributed by atoms with Crippen LogP contribution >= 0.6 is 0 Å². The smallest absolute Gasteiger partial charge is 0.315 e. The van der Waals surface area contributed by atoms with Gasteiger partial charge in [0.2, 0.25) is 6.39 Å². The van der Waals surface area contributed by atoms with Crippen molar-refractivity contribution in [1.82, 2.24) is 15.1 Å². The first kappa shape index (κ1) is 9.42. The maximum absolute atomic E-state index is 5.25. The highest BCUT2D eigenvalue weighted by Crippen LogP contribution is 1.99. The van der Waals surface area contributed by atoms with Gasteiger partial charge >= 0.3 is 6.01 Å². The molecule has 1 aromatic heterocycles. The Bertz CT molecular complexity index is 246. The van der Waals surface area contributed by atoms with Crippen molar-refractivity contribution in [3.05, 3.63) is 6.39 Å². The number of ether oxygens (including phenoxy) is 1. The van der Waals surface area contributed by atoms with Crippen LogP contribution < -0.4 is 5.32 Å². The Hall–Kier alpha value is -1.14. The highest BCUT2D eigenvalue weighted by molar-refractivity contribution is 5.14. The highest BCUT2D eigenvalue weighted by atomic mass is 16.5. The third-order valence-corrected chi connectivity index (χ3v) is 2.17. The van der Waals surface area contributed by atoms with Gasteiger partial charge in [0.1, 0.15) is 0 Å². The lowest BCUT2D eigenvalue weighted by atomic mass is 10.4. The zero-order chi connectivity index (χ0) is 9.64. The minimum Gasteiger partial charge on any atom is -0.411 e. The summed E-state index contributed by atoms with van der Waals surface area (Å²) in [5.74, 6) is 0. The van der Waals surface area contributed by atoms with Crippen molar-refractivity contribution in [3.8, 4) is 0 Å². The molecule has 1 aliphatic rings. The van der Waals surface area contributed by atoms with Gasteiger partial charge < -0.3 is 14.5 Å². The zero-order valence-corrected chi connectivity index (χ0v) is 7.98. The van der Waals surface area contributed by atoms with Gasteiger partial charge in [-0.05, 0) is 0 Å². The van der Waals surface area contributed by atoms with Crippen LogP contribution in [0.2, 0.25) is 0 Å². The molecule has 0 atom stereocenters. The summed E-state index contributed by atoms with van der Waals surface area (Å²) >= 11 is 0. The van der Waals surface area contributed by atoms with Crippen LogP contribution in [0.25, 0.3) is 0 Å². The summed E-state index contributed by atoms with van der Waals surface area (Å²) in [6.07, 6.45) is 1.32. The van der Waals surface area contributed by atoms with E-state index in [9.17, 15) is 0 Å². The van der Waals surface area contributed by atoms with E-state index < -0.39 is 0 Å². The Kier molecular flexibility index (Phi) is 3.31. The minimum atomic E-state index is 0.484. The second-order valence-corrected chi connectivity index (χ2v) is 3.12. The summed E-state index contributed by atoms with van der Waals surface area (Å²) in [4.78, 5) is 2.34. The molecule has 0 aromatic carbocycles. The first-order valence-corrected chi connectivity index (χ1v) is 4.75. The number of morpholine rings is 1. The van der Waals surface area contributed by atoms with Crippen LogP contribution in [0.1, 0.15) is 0 Å². The van der Waals surface area contributed by atoms with Gasteiger partial charge in [-0.2, -0.15) is 0 Å². The summed E-state index contributed by atoms with van der Waals surface area (Å²) < 4.78 is 10.2. The van der Waals surface area contributed by atoms with Crippen LogP contribution in [0.15, 0.2) is 10.8 Å². The molecule has 1 aromatic rings. The van der Waals surface area contributed by atoms with Gasteiger partial charge in [-0.15, -0.1) is 5.10 Å². The number of nitrogens with zero attached hydrogens (tertiary/aromatic N) is 3. The summed E-state index contributed by atoms with van der Waals surface area (Å²) in [6, 6.07) is 0.484. The SMILES string of the molecule is c1nnc(NCCN2CCOCC2)o1. The van der Waals surface area contributed by atoms with Crippen LogP contribution in [0.4, 0.5) is 6.01 Å². The Labute approximate surface area is 82.2 Å². The second-order valence-electron chi connectivity index (χ2n) is 3.12. The maximum atomic E-state index is 5.25. The van der Waals surface area contributed by atoms with Crippen molar-refractivity contribution < 1.29 is 9.15 Å². The predicted octanol–water partition coefficient (Wildman–Crippen LogP) is -0.186. The van der Waals surface area contributed by atoms with E-state index in [2.05, 4.69) is 20.4 Å². The molecule has 14 heavy (non-hydrogen) atoms. The fraction of sp³-hybridized carbons (Fsp3) is 0.750. The first-order chi connectivity index (χ1) is 6.95. The fourth-order valence-electron chi connectivity index (χ4n) is 1.40. The molecular weight excluding hydrogens is 184 g/mol. The van der Waals surface area contributed by atoms with Crippen LogP contribution in [0.3, 0.4) is 0 Å². The third-order valence-electron chi connectivity index (χ3n) is 2.17. The molecular formula is C8H14N4O2. The Morgan fingerprint density at radius 3 is 3.00 bits per heavy atom. The lowest BCUT2D eigenvalue weighted by molar-refractivity contribution is 0.0398. The van der Waals surface area contributed by atoms with Crippen LogP contribution in [0, 0.1) is 0 Å². The van der Waals surface area contributed by atoms with Gasteiger partial charge in [-0.1, -0.05) is 5.10 Å². The largest absolute Gasteiger partial charge is 0.411 e. The molecule has 2 rings (SSSR count). The quantitative estimate of drug-likeness (QED) is 0.723. The summed E-state index contributed by atoms with van der Waals surface area (Å²) in [7, 11) is 0. The highest BCUT2D eigenvalue weighted by Gasteiger charge is 2.09. The standard InChI is InChI=1S/C8H14N4O2/c1(9-8-11-10-7-14-8)2-12-3-5-13-6-4-12/h7H,1-6H2,(H,9,11). The van der Waals surface area contributed by atoms with E-state index in [-0.39, 0.29) is 0 Å². The molecule has 1 fully saturated rings. The molecule has 0 aliphatic carbocycles.